The van der Waals surface area contributed by atoms with E-state index in [2.05, 4.69) is 11.9 Å². The van der Waals surface area contributed by atoms with Gasteiger partial charge in [-0.2, -0.15) is 0 Å². The van der Waals surface area contributed by atoms with Gasteiger partial charge in [0.05, 0.1) is 36.4 Å². The number of hydrogen-bond donors (Lipinski definition) is 1. The second kappa shape index (κ2) is 10.5. The summed E-state index contributed by atoms with van der Waals surface area (Å²) in [4.78, 5) is 56.3. The normalized spacial score (nSPS) is 22.2. The zero-order valence-corrected chi connectivity index (χ0v) is 20.4. The van der Waals surface area contributed by atoms with Crippen molar-refractivity contribution < 1.29 is 23.9 Å². The zero-order chi connectivity index (χ0) is 25.1. The molecule has 10 heteroatoms. The number of nitrogens with zero attached hydrogens (tertiary/aromatic N) is 3. The maximum Gasteiger partial charge on any atom is 0.322 e. The van der Waals surface area contributed by atoms with E-state index in [1.54, 1.807) is 42.2 Å². The van der Waals surface area contributed by atoms with Crippen LogP contribution in [0.4, 0.5) is 4.79 Å². The molecule has 0 aromatic heterocycles. The maximum atomic E-state index is 13.5. The number of piperidine rings is 1. The number of benzene rings is 1. The van der Waals surface area contributed by atoms with Gasteiger partial charge in [0, 0.05) is 24.7 Å². The van der Waals surface area contributed by atoms with E-state index in [1.165, 1.54) is 9.80 Å². The van der Waals surface area contributed by atoms with Gasteiger partial charge in [0.25, 0.3) is 5.91 Å². The first-order chi connectivity index (χ1) is 16.8. The maximum absolute atomic E-state index is 13.5. The number of rotatable bonds is 7. The van der Waals surface area contributed by atoms with Crippen LogP contribution in [-0.2, 0) is 19.1 Å². The van der Waals surface area contributed by atoms with Crippen LogP contribution in [-0.4, -0.2) is 77.8 Å². The lowest BCUT2D eigenvalue weighted by atomic mass is 9.95. The number of nitrogens with one attached hydrogen (secondary N) is 1. The second-order valence-electron chi connectivity index (χ2n) is 8.76. The molecule has 0 spiro atoms. The predicted octanol–water partition coefficient (Wildman–Crippen LogP) is 2.49. The third kappa shape index (κ3) is 4.91. The van der Waals surface area contributed by atoms with Gasteiger partial charge in [0.2, 0.25) is 5.91 Å². The molecular formula is C25H29ClN4O5. The van der Waals surface area contributed by atoms with E-state index in [9.17, 15) is 19.2 Å². The van der Waals surface area contributed by atoms with Crippen LogP contribution in [0, 0.1) is 5.92 Å². The Morgan fingerprint density at radius 1 is 1.29 bits per heavy atom. The third-order valence-corrected chi connectivity index (χ3v) is 6.89. The molecule has 186 valence electrons. The van der Waals surface area contributed by atoms with Gasteiger partial charge in [-0.15, -0.1) is 6.58 Å². The van der Waals surface area contributed by atoms with Crippen molar-refractivity contribution >= 4 is 35.4 Å². The van der Waals surface area contributed by atoms with Crippen molar-refractivity contribution in [3.8, 4) is 0 Å². The summed E-state index contributed by atoms with van der Waals surface area (Å²) in [6.07, 6.45) is 2.95. The van der Waals surface area contributed by atoms with Gasteiger partial charge in [0.15, 0.2) is 0 Å². The fourth-order valence-corrected chi connectivity index (χ4v) is 5.11. The number of hydrogen-bond acceptors (Lipinski definition) is 5. The topological polar surface area (TPSA) is 99.3 Å². The van der Waals surface area contributed by atoms with Crippen molar-refractivity contribution in [2.45, 2.75) is 25.8 Å². The molecule has 0 aliphatic carbocycles. The molecule has 4 rings (SSSR count). The molecule has 0 bridgehead atoms. The molecule has 35 heavy (non-hydrogen) atoms. The summed E-state index contributed by atoms with van der Waals surface area (Å²) in [6.45, 7) is 6.76. The first-order valence-electron chi connectivity index (χ1n) is 11.8. The predicted molar refractivity (Wildman–Crippen MR) is 129 cm³/mol. The summed E-state index contributed by atoms with van der Waals surface area (Å²) in [5, 5.41) is 3.31. The van der Waals surface area contributed by atoms with Crippen LogP contribution in [0.25, 0.3) is 0 Å². The van der Waals surface area contributed by atoms with Crippen LogP contribution in [0.3, 0.4) is 0 Å². The van der Waals surface area contributed by atoms with Gasteiger partial charge < -0.3 is 19.9 Å². The molecule has 1 fully saturated rings. The largest absolute Gasteiger partial charge is 0.466 e. The van der Waals surface area contributed by atoms with E-state index >= 15 is 0 Å². The lowest BCUT2D eigenvalue weighted by Crippen LogP contribution is -2.47. The zero-order valence-electron chi connectivity index (χ0n) is 19.7. The van der Waals surface area contributed by atoms with Gasteiger partial charge in [-0.25, -0.2) is 4.79 Å². The molecule has 0 radical (unpaired) electrons. The van der Waals surface area contributed by atoms with Gasteiger partial charge in [-0.05, 0) is 31.4 Å². The first-order valence-corrected chi connectivity index (χ1v) is 12.1. The quantitative estimate of drug-likeness (QED) is 0.458. The number of ether oxygens (including phenoxy) is 1. The van der Waals surface area contributed by atoms with E-state index in [-0.39, 0.29) is 55.9 Å². The average molecular weight is 501 g/mol. The fourth-order valence-electron chi connectivity index (χ4n) is 4.86. The second-order valence-corrected chi connectivity index (χ2v) is 9.16. The standard InChI is InChI=1S/C25H29ClN4O5/c1-3-11-30-19-14-29(15-20(31)28-12-7-8-16(13-28)24(33)35-4-2)23(32)21(19)22(27-25(30)34)17-9-5-6-10-18(17)26/h3,5-6,9-10,16,22H,1,4,7-8,11-15H2,2H3,(H,27,34)/t16-,22+/m0/s1. The monoisotopic (exact) mass is 500 g/mol. The van der Waals surface area contributed by atoms with E-state index in [0.29, 0.717) is 47.8 Å². The Labute approximate surface area is 209 Å². The smallest absolute Gasteiger partial charge is 0.322 e. The third-order valence-electron chi connectivity index (χ3n) is 6.54. The highest BCUT2D eigenvalue weighted by molar-refractivity contribution is 6.31. The summed E-state index contributed by atoms with van der Waals surface area (Å²) in [7, 11) is 0. The lowest BCUT2D eigenvalue weighted by molar-refractivity contribution is -0.152. The summed E-state index contributed by atoms with van der Waals surface area (Å²) in [5.74, 6) is -1.23. The molecule has 2 atom stereocenters. The van der Waals surface area contributed by atoms with Crippen LogP contribution in [0.5, 0.6) is 0 Å². The van der Waals surface area contributed by atoms with Gasteiger partial charge in [0.1, 0.15) is 6.54 Å². The molecule has 3 aliphatic rings. The van der Waals surface area contributed by atoms with Crippen molar-refractivity contribution in [2.75, 3.05) is 39.3 Å². The van der Waals surface area contributed by atoms with Gasteiger partial charge in [-0.1, -0.05) is 35.9 Å². The Morgan fingerprint density at radius 3 is 2.77 bits per heavy atom. The highest BCUT2D eigenvalue weighted by Gasteiger charge is 2.45. The SMILES string of the molecule is C=CCN1C(=O)N[C@H](c2ccccc2Cl)C2=C1CN(CC(=O)N1CCC[C@H](C(=O)OCC)C1)C2=O. The van der Waals surface area contributed by atoms with Crippen LogP contribution in [0.1, 0.15) is 31.4 Å². The van der Waals surface area contributed by atoms with Crippen molar-refractivity contribution in [3.05, 3.63) is 58.8 Å². The Bertz CT molecular complexity index is 1090. The average Bonchev–Trinajstić information content (AvgIpc) is 3.17. The van der Waals surface area contributed by atoms with Crippen LogP contribution >= 0.6 is 11.6 Å². The number of carbonyl (C=O) groups is 4. The first kappa shape index (κ1) is 24.8. The molecule has 1 aromatic carbocycles. The van der Waals surface area contributed by atoms with Gasteiger partial charge >= 0.3 is 12.0 Å². The molecular weight excluding hydrogens is 472 g/mol. The Hall–Kier alpha value is -3.33. The molecule has 1 N–H and O–H groups in total. The molecule has 9 nitrogen and oxygen atoms in total. The number of halogens is 1. The van der Waals surface area contributed by atoms with E-state index in [1.807, 2.05) is 0 Å². The molecule has 1 saturated heterocycles. The molecule has 0 saturated carbocycles. The molecule has 4 amide bonds. The lowest BCUT2D eigenvalue weighted by Gasteiger charge is -2.33. The molecule has 3 heterocycles. The van der Waals surface area contributed by atoms with Gasteiger partial charge in [-0.3, -0.25) is 19.3 Å². The summed E-state index contributed by atoms with van der Waals surface area (Å²) in [5.41, 5.74) is 1.55. The van der Waals surface area contributed by atoms with Crippen LogP contribution in [0.2, 0.25) is 5.02 Å². The molecule has 1 aromatic rings. The fraction of sp³-hybridized carbons (Fsp3) is 0.440. The Morgan fingerprint density at radius 2 is 2.06 bits per heavy atom. The number of amides is 4. The Kier molecular flexibility index (Phi) is 7.45. The summed E-state index contributed by atoms with van der Waals surface area (Å²) < 4.78 is 5.12. The van der Waals surface area contributed by atoms with E-state index < -0.39 is 6.04 Å². The highest BCUT2D eigenvalue weighted by atomic mass is 35.5. The minimum Gasteiger partial charge on any atom is -0.466 e. The minimum atomic E-state index is -0.719. The highest BCUT2D eigenvalue weighted by Crippen LogP contribution is 2.38. The minimum absolute atomic E-state index is 0.122. The summed E-state index contributed by atoms with van der Waals surface area (Å²) >= 11 is 6.40. The van der Waals surface area contributed by atoms with E-state index in [4.69, 9.17) is 16.3 Å². The van der Waals surface area contributed by atoms with E-state index in [0.717, 1.165) is 0 Å². The Balaban J connectivity index is 1.54. The molecule has 0 unspecified atom stereocenters. The number of carbonyl (C=O) groups excluding carboxylic acids is 4. The molecule has 3 aliphatic heterocycles. The number of likely N-dealkylation sites (tertiary alicyclic amines) is 1. The van der Waals surface area contributed by atoms with Crippen molar-refractivity contribution in [1.82, 2.24) is 20.0 Å². The number of urea groups is 1. The van der Waals surface area contributed by atoms with Crippen molar-refractivity contribution in [1.29, 1.82) is 0 Å². The number of esters is 1. The summed E-state index contributed by atoms with van der Waals surface area (Å²) in [6, 6.07) is 5.97. The van der Waals surface area contributed by atoms with Crippen LogP contribution < -0.4 is 5.32 Å². The van der Waals surface area contributed by atoms with Crippen molar-refractivity contribution in [2.24, 2.45) is 5.92 Å². The van der Waals surface area contributed by atoms with Crippen LogP contribution in [0.15, 0.2) is 48.2 Å². The van der Waals surface area contributed by atoms with Crippen molar-refractivity contribution in [3.63, 3.8) is 0 Å².